The van der Waals surface area contributed by atoms with E-state index in [4.69, 9.17) is 10.5 Å². The average molecular weight is 1160 g/mol. The van der Waals surface area contributed by atoms with Gasteiger partial charge in [0.05, 0.1) is 68.8 Å². The first-order valence-electron chi connectivity index (χ1n) is 25.4. The Morgan fingerprint density at radius 1 is 0.864 bits per heavy atom. The van der Waals surface area contributed by atoms with Crippen LogP contribution in [0.4, 0.5) is 54.5 Å². The molecule has 17 nitrogen and oxygen atoms in total. The fourth-order valence-electron chi connectivity index (χ4n) is 9.44. The number of aliphatic hydroxyl groups excluding tert-OH is 1. The van der Waals surface area contributed by atoms with Crippen molar-refractivity contribution in [2.75, 3.05) is 65.1 Å². The maximum atomic E-state index is 16.0. The van der Waals surface area contributed by atoms with Gasteiger partial charge >= 0.3 is 31.0 Å². The number of pyridine rings is 1. The minimum atomic E-state index is -5.17. The number of amides is 3. The number of aliphatic hydroxyl groups is 1. The van der Waals surface area contributed by atoms with Crippen molar-refractivity contribution < 1.29 is 82.4 Å². The van der Waals surface area contributed by atoms with Crippen molar-refractivity contribution in [1.29, 1.82) is 0 Å². The molecule has 0 saturated carbocycles. The molecule has 442 valence electrons. The van der Waals surface area contributed by atoms with E-state index in [-0.39, 0.29) is 5.56 Å². The number of rotatable bonds is 21. The predicted octanol–water partition coefficient (Wildman–Crippen LogP) is 6.12. The van der Waals surface area contributed by atoms with E-state index in [0.29, 0.717) is 80.1 Å². The van der Waals surface area contributed by atoms with Crippen LogP contribution in [0.5, 0.6) is 0 Å². The number of nitrogens with one attached hydrogen (secondary N) is 3. The molecule has 6 atom stereocenters. The van der Waals surface area contributed by atoms with Gasteiger partial charge in [0.1, 0.15) is 23.5 Å². The molecular formula is C54H63F10N9O8. The first-order chi connectivity index (χ1) is 37.9. The Balaban J connectivity index is 1.30. The third kappa shape index (κ3) is 15.9. The van der Waals surface area contributed by atoms with Gasteiger partial charge in [0.25, 0.3) is 0 Å². The number of carbonyl (C=O) groups is 4. The Kier molecular flexibility index (Phi) is 20.5. The van der Waals surface area contributed by atoms with E-state index in [9.17, 15) is 59.4 Å². The van der Waals surface area contributed by atoms with E-state index in [1.807, 2.05) is 17.4 Å². The summed E-state index contributed by atoms with van der Waals surface area (Å²) in [5.74, 6) is -1.64. The summed E-state index contributed by atoms with van der Waals surface area (Å²) in [7, 11) is 1.66. The standard InChI is InChI=1S/C54H63F10N9O8/c1-51(2,53(59,60)61)38(20-45(75)79-5)47(76)70-73(26-37-39(55)18-33(19-40(37)56)41(65)15-16-66-49(57)58)27-43(74)42(68-48(77)46(69-50(78)80-6)52(3,4)54(62,63)64)17-31-10-7-30(8-11-31)9-12-32-13-14-44(67-21-32)72-24-34-22-71(23-35(34)25-72)36-28-81-29-36/h7-8,10-11,13-16,18-19,21,34-36,38,42-43,46,49,74H,17,20,22-29,65H2,1-6H3,(H,68,77)(H,69,78)(H,70,76)/t34-,35+,38-,42+,43+,46-/m1/s1. The molecule has 3 aromatic rings. The van der Waals surface area contributed by atoms with Gasteiger partial charge in [-0.15, -0.1) is 0 Å². The van der Waals surface area contributed by atoms with Crippen LogP contribution >= 0.6 is 0 Å². The van der Waals surface area contributed by atoms with E-state index in [2.05, 4.69) is 51.8 Å². The molecule has 3 amide bonds. The second kappa shape index (κ2) is 26.3. The van der Waals surface area contributed by atoms with E-state index in [1.54, 1.807) is 18.3 Å². The molecule has 0 spiro atoms. The number of ether oxygens (including phenoxy) is 3. The number of alkyl carbamates (subject to hydrolysis) is 1. The SMILES string of the molecule is COC(=O)C[C@H](C(=O)NN(Cc1c(F)cc(C(N)=CC=NC(F)F)cc1F)C[C@H](O)[C@H](Cc1ccc(C#Cc2ccc(N3C[C@@H]4CN(C5COC5)C[C@@H]4C3)nc2)cc1)NC(=O)[C@@H](NC(=O)OC)C(C)(C)C(F)(F)F)C(C)(C)C(F)(F)F. The zero-order valence-electron chi connectivity index (χ0n) is 44.9. The number of nitrogens with two attached hydrogens (primary N) is 1. The molecule has 0 radical (unpaired) electrons. The summed E-state index contributed by atoms with van der Waals surface area (Å²) >= 11 is 0. The fraction of sp³-hybridized carbons (Fsp3) is 0.519. The van der Waals surface area contributed by atoms with Crippen molar-refractivity contribution in [1.82, 2.24) is 31.0 Å². The third-order valence-electron chi connectivity index (χ3n) is 14.9. The van der Waals surface area contributed by atoms with Crippen molar-refractivity contribution in [3.8, 4) is 11.8 Å². The van der Waals surface area contributed by atoms with E-state index in [1.165, 1.54) is 12.1 Å². The molecule has 0 unspecified atom stereocenters. The maximum Gasteiger partial charge on any atom is 0.407 e. The molecule has 6 N–H and O–H groups in total. The number of hydrogen-bond acceptors (Lipinski definition) is 14. The molecule has 3 fully saturated rings. The van der Waals surface area contributed by atoms with Crippen molar-refractivity contribution in [2.45, 2.75) is 90.2 Å². The molecule has 3 aliphatic heterocycles. The zero-order chi connectivity index (χ0) is 59.8. The molecule has 3 saturated heterocycles. The highest BCUT2D eigenvalue weighted by molar-refractivity contribution is 5.87. The largest absolute Gasteiger partial charge is 0.469 e. The number of aliphatic imine (C=N–C) groups is 1. The number of methoxy groups -OCH3 is 2. The summed E-state index contributed by atoms with van der Waals surface area (Å²) in [4.78, 5) is 65.2. The van der Waals surface area contributed by atoms with Gasteiger partial charge in [0, 0.05) is 79.6 Å². The number of allylic oxidation sites excluding steroid dienone is 1. The Morgan fingerprint density at radius 2 is 1.46 bits per heavy atom. The normalized spacial score (nSPS) is 18.9. The monoisotopic (exact) mass is 1160 g/mol. The number of benzene rings is 2. The van der Waals surface area contributed by atoms with Gasteiger partial charge < -0.3 is 40.6 Å². The number of anilines is 1. The van der Waals surface area contributed by atoms with Crippen molar-refractivity contribution in [2.24, 2.45) is 39.3 Å². The molecule has 3 aliphatic rings. The molecule has 6 rings (SSSR count). The summed E-state index contributed by atoms with van der Waals surface area (Å²) in [6, 6.07) is 7.36. The maximum absolute atomic E-state index is 16.0. The highest BCUT2D eigenvalue weighted by Gasteiger charge is 2.57. The number of esters is 1. The van der Waals surface area contributed by atoms with Crippen LogP contribution in [0.2, 0.25) is 0 Å². The number of nitrogens with zero attached hydrogens (tertiary/aromatic N) is 5. The van der Waals surface area contributed by atoms with Gasteiger partial charge in [0.15, 0.2) is 0 Å². The quantitative estimate of drug-likeness (QED) is 0.0203. The summed E-state index contributed by atoms with van der Waals surface area (Å²) in [6.07, 6.45) is -12.6. The number of aromatic nitrogens is 1. The number of fused-ring (bicyclic) bond motifs is 1. The van der Waals surface area contributed by atoms with Crippen LogP contribution in [0.25, 0.3) is 5.70 Å². The minimum Gasteiger partial charge on any atom is -0.469 e. The highest BCUT2D eigenvalue weighted by atomic mass is 19.4. The van der Waals surface area contributed by atoms with Crippen molar-refractivity contribution in [3.05, 3.63) is 100 Å². The highest BCUT2D eigenvalue weighted by Crippen LogP contribution is 2.45. The van der Waals surface area contributed by atoms with E-state index in [0.717, 1.165) is 65.5 Å². The smallest absolute Gasteiger partial charge is 0.407 e. The van der Waals surface area contributed by atoms with Gasteiger partial charge in [-0.1, -0.05) is 37.8 Å². The van der Waals surface area contributed by atoms with Crippen LogP contribution in [0.15, 0.2) is 65.8 Å². The summed E-state index contributed by atoms with van der Waals surface area (Å²) in [5, 5.41) is 16.8. The number of hydrogen-bond donors (Lipinski definition) is 5. The molecule has 4 heterocycles. The third-order valence-corrected chi connectivity index (χ3v) is 14.9. The zero-order valence-corrected chi connectivity index (χ0v) is 44.9. The number of halogens is 10. The second-order valence-corrected chi connectivity index (χ2v) is 21.1. The fourth-order valence-corrected chi connectivity index (χ4v) is 9.44. The van der Waals surface area contributed by atoms with Crippen LogP contribution < -0.4 is 26.7 Å². The molecule has 1 aromatic heterocycles. The summed E-state index contributed by atoms with van der Waals surface area (Å²) in [5.41, 5.74) is 1.40. The Bertz CT molecular complexity index is 2800. The molecule has 0 aliphatic carbocycles. The lowest BCUT2D eigenvalue weighted by Crippen LogP contribution is -2.62. The van der Waals surface area contributed by atoms with E-state index < -0.39 is 132 Å². The average Bonchev–Trinajstić information content (AvgIpc) is 4.09. The van der Waals surface area contributed by atoms with Gasteiger partial charge in [-0.25, -0.2) is 28.6 Å². The van der Waals surface area contributed by atoms with Crippen molar-refractivity contribution in [3.63, 3.8) is 0 Å². The van der Waals surface area contributed by atoms with Crippen LogP contribution in [0.1, 0.15) is 61.9 Å². The summed E-state index contributed by atoms with van der Waals surface area (Å²) in [6.45, 7) is 2.35. The number of alkyl halides is 8. The van der Waals surface area contributed by atoms with Crippen LogP contribution in [-0.4, -0.2) is 153 Å². The molecular weight excluding hydrogens is 1090 g/mol. The van der Waals surface area contributed by atoms with Crippen LogP contribution in [0.3, 0.4) is 0 Å². The lowest BCUT2D eigenvalue weighted by atomic mass is 9.75. The first-order valence-corrected chi connectivity index (χ1v) is 25.4. The molecule has 0 bridgehead atoms. The molecule has 27 heteroatoms. The van der Waals surface area contributed by atoms with Crippen molar-refractivity contribution >= 4 is 41.6 Å². The Labute approximate surface area is 460 Å². The first kappa shape index (κ1) is 63.2. The topological polar surface area (TPSA) is 213 Å². The minimum absolute atomic E-state index is 0.278. The van der Waals surface area contributed by atoms with Gasteiger partial charge in [0.2, 0.25) is 11.8 Å². The number of hydrazine groups is 1. The Morgan fingerprint density at radius 3 is 1.98 bits per heavy atom. The lowest BCUT2D eigenvalue weighted by Gasteiger charge is -2.38. The van der Waals surface area contributed by atoms with Gasteiger partial charge in [-0.05, 0) is 80.1 Å². The molecule has 2 aromatic carbocycles. The number of likely N-dealkylation sites (tertiary alicyclic amines) is 1. The van der Waals surface area contributed by atoms with E-state index >= 15 is 8.78 Å². The van der Waals surface area contributed by atoms with Crippen LogP contribution in [-0.2, 0) is 41.6 Å². The van der Waals surface area contributed by atoms with Gasteiger partial charge in [-0.2, -0.15) is 35.1 Å². The van der Waals surface area contributed by atoms with Crippen LogP contribution in [0, 0.1) is 52.1 Å². The number of carbonyl (C=O) groups excluding carboxylic acids is 4. The Hall–Kier alpha value is -7.02. The lowest BCUT2D eigenvalue weighted by molar-refractivity contribution is -0.231. The summed E-state index contributed by atoms with van der Waals surface area (Å²) < 4.78 is 159. The predicted molar refractivity (Wildman–Crippen MR) is 274 cm³/mol. The van der Waals surface area contributed by atoms with Gasteiger partial charge in [-0.3, -0.25) is 24.7 Å². The molecule has 81 heavy (non-hydrogen) atoms. The second-order valence-electron chi connectivity index (χ2n) is 21.1.